The van der Waals surface area contributed by atoms with Crippen LogP contribution < -0.4 is 10.2 Å². The smallest absolute Gasteiger partial charge is 0.223 e. The molecule has 0 aliphatic rings. The number of carbonyl (C=O) groups excluding carboxylic acids is 2. The first-order chi connectivity index (χ1) is 12.5. The molecule has 2 amide bonds. The third kappa shape index (κ3) is 3.42. The van der Waals surface area contributed by atoms with Gasteiger partial charge in [-0.2, -0.15) is 5.10 Å². The number of hydrogen-bond acceptors (Lipinski definition) is 4. The van der Waals surface area contributed by atoms with Crippen LogP contribution in [0, 0.1) is 0 Å². The van der Waals surface area contributed by atoms with E-state index in [-0.39, 0.29) is 11.8 Å². The summed E-state index contributed by atoms with van der Waals surface area (Å²) in [5.74, 6) is -0.0988. The van der Waals surface area contributed by atoms with Crippen molar-refractivity contribution in [3.8, 4) is 11.3 Å². The number of benzene rings is 1. The lowest BCUT2D eigenvalue weighted by atomic mass is 10.1. The zero-order valence-electron chi connectivity index (χ0n) is 15.1. The molecule has 26 heavy (non-hydrogen) atoms. The van der Waals surface area contributed by atoms with Crippen molar-refractivity contribution in [3.63, 3.8) is 0 Å². The highest BCUT2D eigenvalue weighted by atomic mass is 16.2. The van der Waals surface area contributed by atoms with Gasteiger partial charge in [0.1, 0.15) is 0 Å². The molecule has 7 nitrogen and oxygen atoms in total. The molecule has 0 saturated carbocycles. The van der Waals surface area contributed by atoms with Crippen LogP contribution in [-0.2, 0) is 16.1 Å². The lowest BCUT2D eigenvalue weighted by Gasteiger charge is -2.19. The van der Waals surface area contributed by atoms with Crippen LogP contribution in [0.2, 0.25) is 0 Å². The summed E-state index contributed by atoms with van der Waals surface area (Å²) in [6, 6.07) is 9.66. The van der Waals surface area contributed by atoms with Crippen LogP contribution in [0.25, 0.3) is 16.9 Å². The van der Waals surface area contributed by atoms with Crippen molar-refractivity contribution < 1.29 is 9.59 Å². The summed E-state index contributed by atoms with van der Waals surface area (Å²) in [4.78, 5) is 29.1. The maximum Gasteiger partial charge on any atom is 0.223 e. The lowest BCUT2D eigenvalue weighted by Crippen LogP contribution is -2.27. The van der Waals surface area contributed by atoms with Gasteiger partial charge in [-0.15, -0.1) is 0 Å². The number of fused-ring (bicyclic) bond motifs is 1. The van der Waals surface area contributed by atoms with Gasteiger partial charge in [0.2, 0.25) is 11.8 Å². The highest BCUT2D eigenvalue weighted by Crippen LogP contribution is 2.25. The minimum absolute atomic E-state index is 0.00112. The molecule has 134 valence electrons. The number of rotatable bonds is 5. The quantitative estimate of drug-likeness (QED) is 0.765. The molecule has 2 heterocycles. The molecule has 3 rings (SSSR count). The number of aromatic nitrogens is 3. The van der Waals surface area contributed by atoms with Crippen molar-refractivity contribution in [2.45, 2.75) is 27.3 Å². The van der Waals surface area contributed by atoms with Crippen molar-refractivity contribution in [1.82, 2.24) is 19.9 Å². The molecule has 0 unspecified atom stereocenters. The molecule has 1 N–H and O–H groups in total. The van der Waals surface area contributed by atoms with Gasteiger partial charge in [0, 0.05) is 49.9 Å². The van der Waals surface area contributed by atoms with Gasteiger partial charge in [0.25, 0.3) is 0 Å². The predicted octanol–water partition coefficient (Wildman–Crippen LogP) is 2.41. The summed E-state index contributed by atoms with van der Waals surface area (Å²) in [5, 5.41) is 7.19. The maximum absolute atomic E-state index is 11.8. The van der Waals surface area contributed by atoms with Gasteiger partial charge in [0.15, 0.2) is 5.65 Å². The first-order valence-corrected chi connectivity index (χ1v) is 8.46. The average molecular weight is 351 g/mol. The van der Waals surface area contributed by atoms with Gasteiger partial charge in [-0.05, 0) is 25.1 Å². The van der Waals surface area contributed by atoms with E-state index in [0.29, 0.717) is 18.7 Å². The maximum atomic E-state index is 11.8. The van der Waals surface area contributed by atoms with Crippen molar-refractivity contribution in [3.05, 3.63) is 48.3 Å². The van der Waals surface area contributed by atoms with E-state index in [1.165, 1.54) is 6.92 Å². The highest BCUT2D eigenvalue weighted by molar-refractivity contribution is 5.92. The molecule has 1 aromatic carbocycles. The minimum Gasteiger partial charge on any atom is -0.352 e. The second-order valence-electron chi connectivity index (χ2n) is 5.96. The summed E-state index contributed by atoms with van der Waals surface area (Å²) in [7, 11) is 0. The van der Waals surface area contributed by atoms with Crippen LogP contribution >= 0.6 is 0 Å². The van der Waals surface area contributed by atoms with Crippen LogP contribution in [0.4, 0.5) is 5.69 Å². The van der Waals surface area contributed by atoms with E-state index in [1.807, 2.05) is 37.3 Å². The molecule has 2 aromatic heterocycles. The Hall–Kier alpha value is -3.22. The summed E-state index contributed by atoms with van der Waals surface area (Å²) >= 11 is 0. The van der Waals surface area contributed by atoms with Crippen molar-refractivity contribution >= 4 is 23.1 Å². The molecule has 0 bridgehead atoms. The Morgan fingerprint density at radius 3 is 2.73 bits per heavy atom. The summed E-state index contributed by atoms with van der Waals surface area (Å²) < 4.78 is 1.75. The lowest BCUT2D eigenvalue weighted by molar-refractivity contribution is -0.119. The molecule has 0 aliphatic heterocycles. The van der Waals surface area contributed by atoms with Crippen LogP contribution in [-0.4, -0.2) is 33.0 Å². The van der Waals surface area contributed by atoms with Gasteiger partial charge >= 0.3 is 0 Å². The third-order valence-electron chi connectivity index (χ3n) is 4.15. The fraction of sp³-hybridized carbons (Fsp3) is 0.263. The molecule has 0 radical (unpaired) electrons. The van der Waals surface area contributed by atoms with Crippen LogP contribution in [0.1, 0.15) is 26.3 Å². The van der Waals surface area contributed by atoms with E-state index < -0.39 is 0 Å². The number of anilines is 1. The Labute approximate surface area is 151 Å². The van der Waals surface area contributed by atoms with Gasteiger partial charge in [-0.3, -0.25) is 9.59 Å². The first kappa shape index (κ1) is 17.6. The van der Waals surface area contributed by atoms with Crippen molar-refractivity contribution in [1.29, 1.82) is 0 Å². The predicted molar refractivity (Wildman–Crippen MR) is 99.6 cm³/mol. The molecule has 7 heteroatoms. The number of nitrogens with one attached hydrogen (secondary N) is 1. The van der Waals surface area contributed by atoms with Crippen LogP contribution in [0.5, 0.6) is 0 Å². The zero-order chi connectivity index (χ0) is 18.7. The van der Waals surface area contributed by atoms with Crippen LogP contribution in [0.15, 0.2) is 42.7 Å². The molecule has 0 fully saturated rings. The summed E-state index contributed by atoms with van der Waals surface area (Å²) in [6.45, 7) is 5.96. The zero-order valence-corrected chi connectivity index (χ0v) is 15.1. The first-order valence-electron chi connectivity index (χ1n) is 8.46. The van der Waals surface area contributed by atoms with Crippen LogP contribution in [0.3, 0.4) is 0 Å². The Kier molecular flexibility index (Phi) is 4.97. The second kappa shape index (κ2) is 7.35. The number of amides is 2. The van der Waals surface area contributed by atoms with E-state index in [4.69, 9.17) is 0 Å². The van der Waals surface area contributed by atoms with Gasteiger partial charge in [-0.25, -0.2) is 9.50 Å². The third-order valence-corrected chi connectivity index (χ3v) is 4.15. The average Bonchev–Trinajstić information content (AvgIpc) is 3.03. The fourth-order valence-corrected chi connectivity index (χ4v) is 2.92. The van der Waals surface area contributed by atoms with E-state index in [1.54, 1.807) is 28.7 Å². The Balaban J connectivity index is 2.03. The van der Waals surface area contributed by atoms with Crippen molar-refractivity contribution in [2.75, 3.05) is 11.4 Å². The Morgan fingerprint density at radius 1 is 1.23 bits per heavy atom. The SMILES string of the molecule is CCN(C(C)=O)c1cccc(-c2ccnc3c(CNC(C)=O)cnn23)c1. The molecule has 0 aliphatic carbocycles. The van der Waals surface area contributed by atoms with Gasteiger partial charge in [-0.1, -0.05) is 12.1 Å². The number of hydrogen-bond donors (Lipinski definition) is 1. The normalized spacial score (nSPS) is 10.7. The molecule has 3 aromatic rings. The van der Waals surface area contributed by atoms with Gasteiger partial charge in [0.05, 0.1) is 11.9 Å². The standard InChI is InChI=1S/C19H21N5O2/c1-4-23(14(3)26)17-7-5-6-15(10-17)18-8-9-20-19-16(11-21-13(2)25)12-22-24(18)19/h5-10,12H,4,11H2,1-3H3,(H,21,25). The molecule has 0 saturated heterocycles. The summed E-state index contributed by atoms with van der Waals surface area (Å²) in [5.41, 5.74) is 4.18. The minimum atomic E-state index is -0.0999. The largest absolute Gasteiger partial charge is 0.352 e. The number of nitrogens with zero attached hydrogens (tertiary/aromatic N) is 4. The second-order valence-corrected chi connectivity index (χ2v) is 5.96. The topological polar surface area (TPSA) is 79.6 Å². The van der Waals surface area contributed by atoms with Gasteiger partial charge < -0.3 is 10.2 Å². The number of carbonyl (C=O) groups is 2. The monoisotopic (exact) mass is 351 g/mol. The van der Waals surface area contributed by atoms with E-state index in [0.717, 1.165) is 22.5 Å². The van der Waals surface area contributed by atoms with E-state index in [9.17, 15) is 9.59 Å². The summed E-state index contributed by atoms with van der Waals surface area (Å²) in [6.07, 6.45) is 3.43. The fourth-order valence-electron chi connectivity index (χ4n) is 2.92. The molecular weight excluding hydrogens is 330 g/mol. The highest BCUT2D eigenvalue weighted by Gasteiger charge is 2.13. The van der Waals surface area contributed by atoms with E-state index >= 15 is 0 Å². The molecule has 0 spiro atoms. The Morgan fingerprint density at radius 2 is 2.04 bits per heavy atom. The van der Waals surface area contributed by atoms with E-state index in [2.05, 4.69) is 15.4 Å². The van der Waals surface area contributed by atoms with Crippen molar-refractivity contribution in [2.24, 2.45) is 0 Å². The molecule has 0 atom stereocenters. The molecular formula is C19H21N5O2. The Bertz CT molecular complexity index is 963.